The maximum Gasteiger partial charge on any atom is 0.0543 e. The predicted octanol–water partition coefficient (Wildman–Crippen LogP) is 16.7. The molecule has 2 heterocycles. The molecule has 1 aliphatic carbocycles. The van der Waals surface area contributed by atoms with Gasteiger partial charge in [-0.1, -0.05) is 153 Å². The third-order valence-corrected chi connectivity index (χ3v) is 14.9. The molecule has 12 rings (SSSR count). The van der Waals surface area contributed by atoms with E-state index in [0.29, 0.717) is 0 Å². The van der Waals surface area contributed by atoms with Gasteiger partial charge >= 0.3 is 0 Å². The van der Waals surface area contributed by atoms with Crippen molar-refractivity contribution in [1.82, 2.24) is 0 Å². The molecule has 0 radical (unpaired) electrons. The number of hydrogen-bond donors (Lipinski definition) is 0. The standard InChI is InChI=1S/C55H37NS2/c1-55(2)47-17-7-5-14-45(47)52-48(55)18-10-19-49(52)56(38-27-21-34(22-28-38)37-26-32-51-46(33-37)42-13-6-8-20-50(42)57-51)39-29-23-36(24-30-39)41-15-9-16-43-44-31-25-35-11-3-4-12-40(35)54(44)58-53(41)43/h3-33H,1-2H3. The van der Waals surface area contributed by atoms with Gasteiger partial charge in [-0.05, 0) is 98.2 Å². The molecule has 58 heavy (non-hydrogen) atoms. The molecule has 9 aromatic carbocycles. The van der Waals surface area contributed by atoms with Gasteiger partial charge in [0.2, 0.25) is 0 Å². The zero-order valence-electron chi connectivity index (χ0n) is 32.2. The Bertz CT molecular complexity index is 3420. The van der Waals surface area contributed by atoms with Crippen LogP contribution in [0.15, 0.2) is 188 Å². The lowest BCUT2D eigenvalue weighted by Gasteiger charge is -2.29. The van der Waals surface area contributed by atoms with Gasteiger partial charge in [0.05, 0.1) is 5.69 Å². The van der Waals surface area contributed by atoms with E-state index >= 15 is 0 Å². The highest BCUT2D eigenvalue weighted by molar-refractivity contribution is 7.27. The third kappa shape index (κ3) is 5.00. The zero-order chi connectivity index (χ0) is 38.5. The molecule has 0 aliphatic heterocycles. The number of benzene rings is 9. The van der Waals surface area contributed by atoms with Crippen molar-refractivity contribution in [1.29, 1.82) is 0 Å². The summed E-state index contributed by atoms with van der Waals surface area (Å²) in [5.41, 5.74) is 13.7. The van der Waals surface area contributed by atoms with Gasteiger partial charge in [-0.15, -0.1) is 22.7 Å². The molecule has 0 saturated carbocycles. The van der Waals surface area contributed by atoms with Gasteiger partial charge < -0.3 is 4.90 Å². The minimum absolute atomic E-state index is 0.0972. The van der Waals surface area contributed by atoms with Gasteiger partial charge in [0.15, 0.2) is 0 Å². The van der Waals surface area contributed by atoms with Crippen molar-refractivity contribution >= 4 is 90.9 Å². The van der Waals surface area contributed by atoms with Crippen molar-refractivity contribution in [2.45, 2.75) is 19.3 Å². The molecule has 1 aliphatic rings. The van der Waals surface area contributed by atoms with E-state index in [9.17, 15) is 0 Å². The molecular weight excluding hydrogens is 739 g/mol. The fourth-order valence-corrected chi connectivity index (χ4v) is 12.1. The molecule has 0 fully saturated rings. The first kappa shape index (κ1) is 33.6. The Balaban J connectivity index is 0.997. The normalized spacial score (nSPS) is 13.1. The van der Waals surface area contributed by atoms with Crippen LogP contribution in [0.25, 0.3) is 84.5 Å². The average molecular weight is 776 g/mol. The van der Waals surface area contributed by atoms with Crippen molar-refractivity contribution in [3.63, 3.8) is 0 Å². The van der Waals surface area contributed by atoms with Crippen LogP contribution in [0.1, 0.15) is 25.0 Å². The molecule has 0 N–H and O–H groups in total. The van der Waals surface area contributed by atoms with Crippen molar-refractivity contribution in [2.24, 2.45) is 0 Å². The van der Waals surface area contributed by atoms with Crippen LogP contribution in [-0.2, 0) is 5.41 Å². The summed E-state index contributed by atoms with van der Waals surface area (Å²) in [6.45, 7) is 4.72. The first-order chi connectivity index (χ1) is 28.5. The molecule has 0 amide bonds. The van der Waals surface area contributed by atoms with Gasteiger partial charge in [-0.25, -0.2) is 0 Å². The molecule has 1 nitrogen and oxygen atoms in total. The number of rotatable bonds is 5. The highest BCUT2D eigenvalue weighted by Gasteiger charge is 2.37. The van der Waals surface area contributed by atoms with Crippen LogP contribution < -0.4 is 4.90 Å². The van der Waals surface area contributed by atoms with Crippen LogP contribution in [0.2, 0.25) is 0 Å². The SMILES string of the molecule is CC1(C)c2ccccc2-c2c(N(c3ccc(-c4ccc5sc6ccccc6c5c4)cc3)c3ccc(-c4cccc5c4sc4c6ccccc6ccc54)cc3)cccc21. The molecule has 11 aromatic rings. The smallest absolute Gasteiger partial charge is 0.0543 e. The fourth-order valence-electron chi connectivity index (χ4n) is 9.60. The molecule has 274 valence electrons. The molecule has 0 unspecified atom stereocenters. The van der Waals surface area contributed by atoms with E-state index < -0.39 is 0 Å². The summed E-state index contributed by atoms with van der Waals surface area (Å²) in [6, 6.07) is 70.0. The van der Waals surface area contributed by atoms with Gasteiger partial charge in [0.1, 0.15) is 0 Å². The Kier molecular flexibility index (Phi) is 7.38. The van der Waals surface area contributed by atoms with Crippen molar-refractivity contribution < 1.29 is 0 Å². The average Bonchev–Trinajstić information content (AvgIpc) is 3.92. The highest BCUT2D eigenvalue weighted by atomic mass is 32.1. The zero-order valence-corrected chi connectivity index (χ0v) is 33.8. The second kappa shape index (κ2) is 12.7. The Morgan fingerprint density at radius 1 is 0.397 bits per heavy atom. The fraction of sp³-hybridized carbons (Fsp3) is 0.0545. The summed E-state index contributed by atoms with van der Waals surface area (Å²) in [6.07, 6.45) is 0. The van der Waals surface area contributed by atoms with Crippen LogP contribution in [0.4, 0.5) is 17.1 Å². The summed E-state index contributed by atoms with van der Waals surface area (Å²) >= 11 is 3.78. The van der Waals surface area contributed by atoms with E-state index in [1.54, 1.807) is 0 Å². The predicted molar refractivity (Wildman–Crippen MR) is 253 cm³/mol. The summed E-state index contributed by atoms with van der Waals surface area (Å²) in [5.74, 6) is 0. The van der Waals surface area contributed by atoms with E-state index in [2.05, 4.69) is 207 Å². The van der Waals surface area contributed by atoms with Crippen LogP contribution in [0.5, 0.6) is 0 Å². The number of nitrogens with zero attached hydrogens (tertiary/aromatic N) is 1. The van der Waals surface area contributed by atoms with E-state index in [-0.39, 0.29) is 5.41 Å². The van der Waals surface area contributed by atoms with Crippen LogP contribution >= 0.6 is 22.7 Å². The topological polar surface area (TPSA) is 3.24 Å². The van der Waals surface area contributed by atoms with Crippen molar-refractivity contribution in [2.75, 3.05) is 4.90 Å². The maximum absolute atomic E-state index is 2.46. The molecule has 0 atom stereocenters. The molecule has 0 saturated heterocycles. The highest BCUT2D eigenvalue weighted by Crippen LogP contribution is 2.54. The van der Waals surface area contributed by atoms with E-state index in [1.807, 2.05) is 22.7 Å². The Labute approximate surface area is 345 Å². The first-order valence-electron chi connectivity index (χ1n) is 20.0. The summed E-state index contributed by atoms with van der Waals surface area (Å²) in [7, 11) is 0. The Morgan fingerprint density at radius 2 is 1.02 bits per heavy atom. The summed E-state index contributed by atoms with van der Waals surface area (Å²) < 4.78 is 5.36. The van der Waals surface area contributed by atoms with E-state index in [1.165, 1.54) is 101 Å². The molecule has 2 aromatic heterocycles. The van der Waals surface area contributed by atoms with Gasteiger partial charge in [0.25, 0.3) is 0 Å². The molecule has 3 heteroatoms. The van der Waals surface area contributed by atoms with Crippen LogP contribution in [-0.4, -0.2) is 0 Å². The number of hydrogen-bond acceptors (Lipinski definition) is 3. The number of anilines is 3. The lowest BCUT2D eigenvalue weighted by molar-refractivity contribution is 0.660. The van der Waals surface area contributed by atoms with Crippen LogP contribution in [0.3, 0.4) is 0 Å². The number of fused-ring (bicyclic) bond motifs is 11. The summed E-state index contributed by atoms with van der Waals surface area (Å²) in [5, 5.41) is 7.91. The van der Waals surface area contributed by atoms with Gasteiger partial charge in [-0.3, -0.25) is 0 Å². The molecule has 0 bridgehead atoms. The second-order valence-electron chi connectivity index (χ2n) is 16.1. The lowest BCUT2D eigenvalue weighted by Crippen LogP contribution is -2.16. The van der Waals surface area contributed by atoms with E-state index in [4.69, 9.17) is 0 Å². The van der Waals surface area contributed by atoms with Crippen molar-refractivity contribution in [3.05, 3.63) is 199 Å². The largest absolute Gasteiger partial charge is 0.310 e. The van der Waals surface area contributed by atoms with E-state index in [0.717, 1.165) is 11.4 Å². The second-order valence-corrected chi connectivity index (χ2v) is 18.2. The Morgan fingerprint density at radius 3 is 1.86 bits per heavy atom. The first-order valence-corrected chi connectivity index (χ1v) is 21.6. The van der Waals surface area contributed by atoms with Gasteiger partial charge in [0, 0.05) is 62.7 Å². The maximum atomic E-state index is 2.46. The van der Waals surface area contributed by atoms with Gasteiger partial charge in [-0.2, -0.15) is 0 Å². The quantitative estimate of drug-likeness (QED) is 0.168. The minimum atomic E-state index is -0.0972. The summed E-state index contributed by atoms with van der Waals surface area (Å²) in [4.78, 5) is 2.46. The monoisotopic (exact) mass is 775 g/mol. The minimum Gasteiger partial charge on any atom is -0.310 e. The van der Waals surface area contributed by atoms with Crippen molar-refractivity contribution in [3.8, 4) is 33.4 Å². The lowest BCUT2D eigenvalue weighted by atomic mass is 9.82. The van der Waals surface area contributed by atoms with Crippen LogP contribution in [0, 0.1) is 0 Å². The number of thiophene rings is 2. The molecule has 0 spiro atoms. The molecular formula is C55H37NS2. The third-order valence-electron chi connectivity index (χ3n) is 12.5. The Hall–Kier alpha value is -6.52.